The van der Waals surface area contributed by atoms with Crippen molar-refractivity contribution in [2.75, 3.05) is 0 Å². The minimum Gasteiger partial charge on any atom is -0.0833 e. The highest BCUT2D eigenvalue weighted by atomic mass is 35.5. The average molecular weight is 287 g/mol. The van der Waals surface area contributed by atoms with Gasteiger partial charge in [0.15, 0.2) is 0 Å². The molecule has 0 aromatic carbocycles. The molecule has 12 heavy (non-hydrogen) atoms. The first-order valence-corrected chi connectivity index (χ1v) is 4.76. The summed E-state index contributed by atoms with van der Waals surface area (Å²) < 4.78 is -0.183. The van der Waals surface area contributed by atoms with E-state index in [9.17, 15) is 0 Å². The molecule has 0 radical (unpaired) electrons. The van der Waals surface area contributed by atoms with Gasteiger partial charge in [-0.05, 0) is 0 Å². The van der Waals surface area contributed by atoms with Crippen LogP contribution in [-0.4, -0.2) is 0 Å². The fraction of sp³-hybridized carbons (Fsp3) is 0. The molecule has 0 heterocycles. The standard InChI is InChI=1S/C6H2Cl6/c1-2(7)3(8)4(9)5(10)6(11)12/h1H2. The van der Waals surface area contributed by atoms with Crippen molar-refractivity contribution in [3.63, 3.8) is 0 Å². The molecule has 0 aliphatic heterocycles. The molecule has 6 heteroatoms. The molecule has 0 saturated carbocycles. The first-order valence-electron chi connectivity index (χ1n) is 2.49. The highest BCUT2D eigenvalue weighted by Gasteiger charge is 2.10. The van der Waals surface area contributed by atoms with E-state index in [0.29, 0.717) is 0 Å². The molecule has 0 spiro atoms. The summed E-state index contributed by atoms with van der Waals surface area (Å²) in [6.07, 6.45) is 0. The van der Waals surface area contributed by atoms with Gasteiger partial charge in [0.2, 0.25) is 0 Å². The van der Waals surface area contributed by atoms with E-state index in [1.807, 2.05) is 0 Å². The molecule has 0 aromatic rings. The fourth-order valence-electron chi connectivity index (χ4n) is 0.298. The molecule has 0 N–H and O–H groups in total. The lowest BCUT2D eigenvalue weighted by atomic mass is 10.4. The second kappa shape index (κ2) is 5.64. The van der Waals surface area contributed by atoms with E-state index in [2.05, 4.69) is 6.58 Å². The van der Waals surface area contributed by atoms with Crippen molar-refractivity contribution in [3.05, 3.63) is 31.2 Å². The van der Waals surface area contributed by atoms with E-state index in [-0.39, 0.29) is 24.6 Å². The van der Waals surface area contributed by atoms with Crippen LogP contribution in [0.5, 0.6) is 0 Å². The summed E-state index contributed by atoms with van der Waals surface area (Å²) in [5.41, 5.74) is 0. The van der Waals surface area contributed by atoms with Crippen LogP contribution in [0.15, 0.2) is 31.2 Å². The number of hydrogen-bond donors (Lipinski definition) is 0. The molecule has 68 valence electrons. The van der Waals surface area contributed by atoms with Gasteiger partial charge < -0.3 is 0 Å². The van der Waals surface area contributed by atoms with E-state index in [0.717, 1.165) is 0 Å². The molecule has 0 aliphatic carbocycles. The van der Waals surface area contributed by atoms with Crippen LogP contribution in [0.2, 0.25) is 0 Å². The van der Waals surface area contributed by atoms with Gasteiger partial charge in [-0.25, -0.2) is 0 Å². The van der Waals surface area contributed by atoms with Crippen LogP contribution in [0.3, 0.4) is 0 Å². The Hall–Kier alpha value is 0.960. The minimum absolute atomic E-state index is 0.0159. The quantitative estimate of drug-likeness (QED) is 0.603. The summed E-state index contributed by atoms with van der Waals surface area (Å²) in [6, 6.07) is 0. The lowest BCUT2D eigenvalue weighted by Gasteiger charge is -2.00. The van der Waals surface area contributed by atoms with E-state index >= 15 is 0 Å². The molecule has 0 aliphatic rings. The van der Waals surface area contributed by atoms with Gasteiger partial charge in [0.05, 0.1) is 20.1 Å². The van der Waals surface area contributed by atoms with Crippen molar-refractivity contribution in [1.29, 1.82) is 0 Å². The number of hydrogen-bond acceptors (Lipinski definition) is 0. The number of rotatable bonds is 2. The van der Waals surface area contributed by atoms with Gasteiger partial charge in [-0.3, -0.25) is 0 Å². The minimum atomic E-state index is -0.183. The first kappa shape index (κ1) is 13.0. The maximum atomic E-state index is 5.62. The third-order valence-corrected chi connectivity index (χ3v) is 3.01. The van der Waals surface area contributed by atoms with Gasteiger partial charge in [-0.1, -0.05) is 76.2 Å². The normalized spacial score (nSPS) is 12.2. The van der Waals surface area contributed by atoms with Crippen molar-refractivity contribution < 1.29 is 0 Å². The molecule has 0 aromatic heterocycles. The zero-order chi connectivity index (χ0) is 9.89. The highest BCUT2D eigenvalue weighted by molar-refractivity contribution is 6.62. The Labute approximate surface area is 100 Å². The highest BCUT2D eigenvalue weighted by Crippen LogP contribution is 2.34. The predicted molar refractivity (Wildman–Crippen MR) is 58.3 cm³/mol. The molecule has 0 nitrogen and oxygen atoms in total. The Balaban J connectivity index is 5.06. The SMILES string of the molecule is C=C(Cl)C(Cl)=C(Cl)C(Cl)=C(Cl)Cl. The summed E-state index contributed by atoms with van der Waals surface area (Å²) in [7, 11) is 0. The Morgan fingerprint density at radius 2 is 1.08 bits per heavy atom. The molecule has 0 atom stereocenters. The van der Waals surface area contributed by atoms with Crippen molar-refractivity contribution in [1.82, 2.24) is 0 Å². The van der Waals surface area contributed by atoms with Crippen LogP contribution in [0, 0.1) is 0 Å². The molecule has 0 amide bonds. The lowest BCUT2D eigenvalue weighted by Crippen LogP contribution is -1.79. The van der Waals surface area contributed by atoms with E-state index in [1.54, 1.807) is 0 Å². The third-order valence-electron chi connectivity index (χ3n) is 0.789. The summed E-state index contributed by atoms with van der Waals surface area (Å²) in [5, 5.41) is -0.0123. The Bertz CT molecular complexity index is 257. The van der Waals surface area contributed by atoms with Crippen molar-refractivity contribution in [2.45, 2.75) is 0 Å². The molecule has 0 fully saturated rings. The van der Waals surface area contributed by atoms with Crippen molar-refractivity contribution in [3.8, 4) is 0 Å². The molecule has 0 saturated heterocycles. The predicted octanol–water partition coefficient (Wildman–Crippen LogP) is 5.31. The van der Waals surface area contributed by atoms with E-state index in [1.165, 1.54) is 0 Å². The zero-order valence-electron chi connectivity index (χ0n) is 5.47. The van der Waals surface area contributed by atoms with Gasteiger partial charge in [0.25, 0.3) is 0 Å². The van der Waals surface area contributed by atoms with Crippen LogP contribution in [0.4, 0.5) is 0 Å². The maximum absolute atomic E-state index is 5.62. The second-order valence-corrected chi connectivity index (χ2v) is 4.15. The number of halogens is 6. The molecule has 0 bridgehead atoms. The van der Waals surface area contributed by atoms with Crippen LogP contribution in [0.1, 0.15) is 0 Å². The molecule has 0 rings (SSSR count). The average Bonchev–Trinajstić information content (AvgIpc) is 2.00. The topological polar surface area (TPSA) is 0 Å². The monoisotopic (exact) mass is 284 g/mol. The first-order chi connectivity index (χ1) is 5.37. The second-order valence-electron chi connectivity index (χ2n) is 1.61. The summed E-state index contributed by atoms with van der Waals surface area (Å²) in [5.74, 6) is 0. The maximum Gasteiger partial charge on any atom is 0.126 e. The smallest absolute Gasteiger partial charge is 0.0833 e. The summed E-state index contributed by atoms with van der Waals surface area (Å²) >= 11 is 32.9. The van der Waals surface area contributed by atoms with Crippen LogP contribution in [0.25, 0.3) is 0 Å². The van der Waals surface area contributed by atoms with E-state index in [4.69, 9.17) is 69.6 Å². The van der Waals surface area contributed by atoms with Crippen LogP contribution < -0.4 is 0 Å². The van der Waals surface area contributed by atoms with Crippen molar-refractivity contribution in [2.24, 2.45) is 0 Å². The van der Waals surface area contributed by atoms with Gasteiger partial charge in [-0.2, -0.15) is 0 Å². The summed E-state index contributed by atoms with van der Waals surface area (Å²) in [4.78, 5) is 0. The summed E-state index contributed by atoms with van der Waals surface area (Å²) in [6.45, 7) is 3.34. The Morgan fingerprint density at radius 1 is 0.667 bits per heavy atom. The van der Waals surface area contributed by atoms with Crippen LogP contribution in [-0.2, 0) is 0 Å². The lowest BCUT2D eigenvalue weighted by molar-refractivity contribution is 1.73. The zero-order valence-corrected chi connectivity index (χ0v) is 10.0. The van der Waals surface area contributed by atoms with Crippen LogP contribution >= 0.6 is 69.6 Å². The van der Waals surface area contributed by atoms with Gasteiger partial charge in [0, 0.05) is 0 Å². The number of allylic oxidation sites excluding steroid dienone is 4. The van der Waals surface area contributed by atoms with E-state index < -0.39 is 0 Å². The third kappa shape index (κ3) is 3.78. The van der Waals surface area contributed by atoms with Gasteiger partial charge >= 0.3 is 0 Å². The Kier molecular flexibility index (Phi) is 6.09. The Morgan fingerprint density at radius 3 is 1.33 bits per heavy atom. The van der Waals surface area contributed by atoms with Crippen molar-refractivity contribution >= 4 is 69.6 Å². The van der Waals surface area contributed by atoms with Gasteiger partial charge in [-0.15, -0.1) is 0 Å². The largest absolute Gasteiger partial charge is 0.126 e. The van der Waals surface area contributed by atoms with Gasteiger partial charge in [0.1, 0.15) is 4.49 Å². The fourth-order valence-corrected chi connectivity index (χ4v) is 1.17. The molecular formula is C6H2Cl6. The molecular weight excluding hydrogens is 285 g/mol. The molecule has 0 unspecified atom stereocenters.